The largest absolute Gasteiger partial charge is 0.463 e. The Balaban J connectivity index is 3.39. The molecular weight excluding hydrogens is 248 g/mol. The van der Waals surface area contributed by atoms with Crippen LogP contribution in [0.1, 0.15) is 65.2 Å². The third-order valence-corrected chi connectivity index (χ3v) is 3.18. The van der Waals surface area contributed by atoms with Crippen LogP contribution in [0.25, 0.3) is 0 Å². The van der Waals surface area contributed by atoms with E-state index >= 15 is 0 Å². The molecule has 1 unspecified atom stereocenters. The van der Waals surface area contributed by atoms with Crippen LogP contribution in [0, 0.1) is 0 Å². The van der Waals surface area contributed by atoms with Gasteiger partial charge in [0, 0.05) is 6.92 Å². The van der Waals surface area contributed by atoms with Gasteiger partial charge < -0.3 is 4.74 Å². The van der Waals surface area contributed by atoms with Crippen molar-refractivity contribution in [3.63, 3.8) is 0 Å². The lowest BCUT2D eigenvalue weighted by Gasteiger charge is -2.14. The number of esters is 1. The van der Waals surface area contributed by atoms with E-state index in [1.54, 1.807) is 6.08 Å². The Morgan fingerprint density at radius 3 is 2.45 bits per heavy atom. The number of rotatable bonds is 12. The van der Waals surface area contributed by atoms with Crippen molar-refractivity contribution in [3.05, 3.63) is 37.0 Å². The van der Waals surface area contributed by atoms with Gasteiger partial charge in [-0.05, 0) is 32.1 Å². The van der Waals surface area contributed by atoms with Gasteiger partial charge in [-0.2, -0.15) is 0 Å². The predicted molar refractivity (Wildman–Crippen MR) is 86.6 cm³/mol. The highest BCUT2D eigenvalue weighted by Gasteiger charge is 2.08. The summed E-state index contributed by atoms with van der Waals surface area (Å²) >= 11 is 0. The predicted octanol–water partition coefficient (Wildman–Crippen LogP) is 5.36. The molecule has 0 spiro atoms. The maximum atomic E-state index is 10.9. The standard InChI is InChI=1S/C18H30O2/c1-4-6-7-8-9-10-11-12-13-14-15-16-18(5-2)20-17(3)19/h4,6-9,18H,1,5,10-16H2,2-3H3/b7-6+,9-8+. The molecule has 0 aliphatic heterocycles. The van der Waals surface area contributed by atoms with Crippen LogP contribution in [-0.4, -0.2) is 12.1 Å². The van der Waals surface area contributed by atoms with Crippen LogP contribution in [0.15, 0.2) is 37.0 Å². The van der Waals surface area contributed by atoms with Gasteiger partial charge in [0.2, 0.25) is 0 Å². The van der Waals surface area contributed by atoms with Crippen LogP contribution in [0.5, 0.6) is 0 Å². The van der Waals surface area contributed by atoms with Crippen molar-refractivity contribution in [2.45, 2.75) is 71.3 Å². The number of allylic oxidation sites excluding steroid dienone is 5. The minimum atomic E-state index is -0.158. The topological polar surface area (TPSA) is 26.3 Å². The number of hydrogen-bond acceptors (Lipinski definition) is 2. The number of hydrogen-bond donors (Lipinski definition) is 0. The normalized spacial score (nSPS) is 12.9. The molecule has 0 saturated carbocycles. The summed E-state index contributed by atoms with van der Waals surface area (Å²) in [6, 6.07) is 0. The van der Waals surface area contributed by atoms with Gasteiger partial charge in [-0.3, -0.25) is 4.79 Å². The second-order valence-electron chi connectivity index (χ2n) is 5.03. The quantitative estimate of drug-likeness (QED) is 0.273. The number of unbranched alkanes of at least 4 members (excludes halogenated alkanes) is 5. The zero-order valence-corrected chi connectivity index (χ0v) is 13.1. The molecule has 0 saturated heterocycles. The average molecular weight is 278 g/mol. The Morgan fingerprint density at radius 1 is 1.10 bits per heavy atom. The molecule has 0 aliphatic rings. The van der Waals surface area contributed by atoms with Gasteiger partial charge in [0.05, 0.1) is 0 Å². The molecule has 0 N–H and O–H groups in total. The lowest BCUT2D eigenvalue weighted by molar-refractivity contribution is -0.146. The SMILES string of the molecule is C=C/C=C/C=C/CCCCCCCC(CC)OC(C)=O. The van der Waals surface area contributed by atoms with Crippen LogP contribution >= 0.6 is 0 Å². The molecule has 0 rings (SSSR count). The molecule has 2 nitrogen and oxygen atoms in total. The highest BCUT2D eigenvalue weighted by molar-refractivity contribution is 5.66. The fourth-order valence-electron chi connectivity index (χ4n) is 2.06. The van der Waals surface area contributed by atoms with Crippen molar-refractivity contribution in [1.29, 1.82) is 0 Å². The lowest BCUT2D eigenvalue weighted by atomic mass is 10.1. The van der Waals surface area contributed by atoms with Gasteiger partial charge in [0.15, 0.2) is 0 Å². The Bertz CT molecular complexity index is 303. The van der Waals surface area contributed by atoms with Gasteiger partial charge in [-0.1, -0.05) is 63.1 Å². The first kappa shape index (κ1) is 18.7. The lowest BCUT2D eigenvalue weighted by Crippen LogP contribution is -2.14. The van der Waals surface area contributed by atoms with Gasteiger partial charge in [-0.15, -0.1) is 0 Å². The summed E-state index contributed by atoms with van der Waals surface area (Å²) in [5, 5.41) is 0. The van der Waals surface area contributed by atoms with Crippen LogP contribution in [-0.2, 0) is 9.53 Å². The van der Waals surface area contributed by atoms with Crippen LogP contribution in [0.4, 0.5) is 0 Å². The summed E-state index contributed by atoms with van der Waals surface area (Å²) in [6.07, 6.45) is 19.4. The van der Waals surface area contributed by atoms with E-state index in [4.69, 9.17) is 4.74 Å². The molecule has 2 heteroatoms. The highest BCUT2D eigenvalue weighted by Crippen LogP contribution is 2.12. The van der Waals surface area contributed by atoms with Crippen LogP contribution in [0.3, 0.4) is 0 Å². The Kier molecular flexibility index (Phi) is 13.2. The smallest absolute Gasteiger partial charge is 0.302 e. The Morgan fingerprint density at radius 2 is 1.80 bits per heavy atom. The fraction of sp³-hybridized carbons (Fsp3) is 0.611. The number of carbonyl (C=O) groups is 1. The van der Waals surface area contributed by atoms with Gasteiger partial charge in [0.1, 0.15) is 6.10 Å². The van der Waals surface area contributed by atoms with E-state index in [9.17, 15) is 4.79 Å². The molecule has 0 amide bonds. The molecule has 0 aromatic carbocycles. The molecule has 0 aromatic rings. The molecule has 0 radical (unpaired) electrons. The first-order valence-electron chi connectivity index (χ1n) is 7.82. The van der Waals surface area contributed by atoms with Crippen LogP contribution < -0.4 is 0 Å². The summed E-state index contributed by atoms with van der Waals surface area (Å²) in [6.45, 7) is 7.18. The molecule has 0 aliphatic carbocycles. The van der Waals surface area contributed by atoms with Crippen molar-refractivity contribution in [3.8, 4) is 0 Å². The first-order chi connectivity index (χ1) is 9.70. The van der Waals surface area contributed by atoms with E-state index in [1.165, 1.54) is 32.6 Å². The van der Waals surface area contributed by atoms with E-state index in [1.807, 2.05) is 12.2 Å². The van der Waals surface area contributed by atoms with E-state index in [0.29, 0.717) is 0 Å². The molecule has 20 heavy (non-hydrogen) atoms. The molecule has 0 heterocycles. The maximum Gasteiger partial charge on any atom is 0.302 e. The average Bonchev–Trinajstić information content (AvgIpc) is 2.43. The van der Waals surface area contributed by atoms with Gasteiger partial charge in [-0.25, -0.2) is 0 Å². The highest BCUT2D eigenvalue weighted by atomic mass is 16.5. The number of ether oxygens (including phenoxy) is 1. The Labute approximate surface area is 124 Å². The van der Waals surface area contributed by atoms with Crippen molar-refractivity contribution in [2.24, 2.45) is 0 Å². The van der Waals surface area contributed by atoms with Gasteiger partial charge in [0.25, 0.3) is 0 Å². The zero-order valence-electron chi connectivity index (χ0n) is 13.1. The summed E-state index contributed by atoms with van der Waals surface area (Å²) < 4.78 is 5.23. The van der Waals surface area contributed by atoms with E-state index in [2.05, 4.69) is 25.7 Å². The van der Waals surface area contributed by atoms with E-state index in [0.717, 1.165) is 25.7 Å². The second kappa shape index (κ2) is 14.1. The zero-order chi connectivity index (χ0) is 15.1. The maximum absolute atomic E-state index is 10.9. The van der Waals surface area contributed by atoms with Crippen molar-refractivity contribution < 1.29 is 9.53 Å². The molecule has 0 fully saturated rings. The monoisotopic (exact) mass is 278 g/mol. The fourth-order valence-corrected chi connectivity index (χ4v) is 2.06. The van der Waals surface area contributed by atoms with Crippen molar-refractivity contribution >= 4 is 5.97 Å². The summed E-state index contributed by atoms with van der Waals surface area (Å²) in [5.74, 6) is -0.158. The number of carbonyl (C=O) groups excluding carboxylic acids is 1. The molecular formula is C18H30O2. The van der Waals surface area contributed by atoms with E-state index in [-0.39, 0.29) is 12.1 Å². The minimum Gasteiger partial charge on any atom is -0.463 e. The van der Waals surface area contributed by atoms with E-state index < -0.39 is 0 Å². The first-order valence-corrected chi connectivity index (χ1v) is 7.82. The molecule has 0 bridgehead atoms. The summed E-state index contributed by atoms with van der Waals surface area (Å²) in [4.78, 5) is 10.9. The molecule has 1 atom stereocenters. The third-order valence-electron chi connectivity index (χ3n) is 3.18. The third kappa shape index (κ3) is 13.1. The van der Waals surface area contributed by atoms with Gasteiger partial charge >= 0.3 is 5.97 Å². The summed E-state index contributed by atoms with van der Waals surface area (Å²) in [5.41, 5.74) is 0. The Hall–Kier alpha value is -1.31. The van der Waals surface area contributed by atoms with Crippen molar-refractivity contribution in [1.82, 2.24) is 0 Å². The summed E-state index contributed by atoms with van der Waals surface area (Å²) in [7, 11) is 0. The van der Waals surface area contributed by atoms with Crippen LogP contribution in [0.2, 0.25) is 0 Å². The molecule has 114 valence electrons. The minimum absolute atomic E-state index is 0.118. The van der Waals surface area contributed by atoms with Crippen molar-refractivity contribution in [2.75, 3.05) is 0 Å². The second-order valence-corrected chi connectivity index (χ2v) is 5.03. The molecule has 0 aromatic heterocycles.